The van der Waals surface area contributed by atoms with Crippen LogP contribution >= 0.6 is 11.9 Å². The van der Waals surface area contributed by atoms with E-state index in [0.29, 0.717) is 5.56 Å². The summed E-state index contributed by atoms with van der Waals surface area (Å²) >= 11 is 0.285. The topological polar surface area (TPSA) is 63.4 Å². The Bertz CT molecular complexity index is 265. The number of nitro groups is 1. The van der Waals surface area contributed by atoms with Crippen molar-refractivity contribution in [1.29, 1.82) is 0 Å². The molecule has 0 amide bonds. The highest BCUT2D eigenvalue weighted by Gasteiger charge is 2.15. The van der Waals surface area contributed by atoms with Crippen LogP contribution in [0.25, 0.3) is 0 Å². The molecule has 0 aromatic heterocycles. The summed E-state index contributed by atoms with van der Waals surface area (Å²) in [4.78, 5) is 9.99. The zero-order valence-electron chi connectivity index (χ0n) is 6.08. The largest absolute Gasteiger partial charge is 0.372 e. The van der Waals surface area contributed by atoms with Crippen molar-refractivity contribution in [2.45, 2.75) is 5.44 Å². The molecule has 1 aromatic carbocycles. The van der Waals surface area contributed by atoms with Gasteiger partial charge in [0.05, 0.1) is 0 Å². The average molecular weight is 185 g/mol. The molecule has 12 heavy (non-hydrogen) atoms. The standard InChI is InChI=1S/C7H7NO3S/c9-7(12-8(10)11)6-4-2-1-3-5-6/h1-5,7,9H. The van der Waals surface area contributed by atoms with E-state index >= 15 is 0 Å². The highest BCUT2D eigenvalue weighted by molar-refractivity contribution is 7.93. The van der Waals surface area contributed by atoms with E-state index in [1.165, 1.54) is 0 Å². The van der Waals surface area contributed by atoms with Gasteiger partial charge in [-0.1, -0.05) is 30.3 Å². The number of nitrogens with zero attached hydrogens (tertiary/aromatic N) is 1. The maximum atomic E-state index is 9.99. The molecule has 5 heteroatoms. The van der Waals surface area contributed by atoms with E-state index in [2.05, 4.69) is 0 Å². The Morgan fingerprint density at radius 2 is 2.00 bits per heavy atom. The SMILES string of the molecule is O=[N+]([O-])SC(O)c1ccccc1. The van der Waals surface area contributed by atoms with Gasteiger partial charge in [-0.05, 0) is 5.56 Å². The van der Waals surface area contributed by atoms with E-state index < -0.39 is 9.76 Å². The van der Waals surface area contributed by atoms with Crippen LogP contribution in [0.15, 0.2) is 30.3 Å². The third-order valence-electron chi connectivity index (χ3n) is 1.27. The molecule has 64 valence electrons. The third-order valence-corrected chi connectivity index (χ3v) is 1.91. The molecule has 0 aliphatic heterocycles. The second kappa shape index (κ2) is 4.08. The van der Waals surface area contributed by atoms with Crippen LogP contribution in [0, 0.1) is 10.1 Å². The monoisotopic (exact) mass is 185 g/mol. The Morgan fingerprint density at radius 3 is 2.50 bits per heavy atom. The molecule has 0 bridgehead atoms. The molecule has 0 spiro atoms. The first-order chi connectivity index (χ1) is 5.70. The van der Waals surface area contributed by atoms with Gasteiger partial charge in [0.2, 0.25) is 0 Å². The van der Waals surface area contributed by atoms with Crippen molar-refractivity contribution in [2.75, 3.05) is 0 Å². The molecule has 1 atom stereocenters. The lowest BCUT2D eigenvalue weighted by molar-refractivity contribution is -0.287. The lowest BCUT2D eigenvalue weighted by Crippen LogP contribution is -1.95. The van der Waals surface area contributed by atoms with Gasteiger partial charge in [0, 0.05) is 0 Å². The zero-order chi connectivity index (χ0) is 8.97. The molecule has 1 aromatic rings. The number of hydrogen-bond donors (Lipinski definition) is 1. The van der Waals surface area contributed by atoms with Crippen LogP contribution in [0.3, 0.4) is 0 Å². The Labute approximate surface area is 73.5 Å². The average Bonchev–Trinajstić information content (AvgIpc) is 2.05. The molecular weight excluding hydrogens is 178 g/mol. The molecule has 1 unspecified atom stereocenters. The van der Waals surface area contributed by atoms with Crippen LogP contribution in [-0.2, 0) is 0 Å². The van der Waals surface area contributed by atoms with Gasteiger partial charge < -0.3 is 5.11 Å². The van der Waals surface area contributed by atoms with Gasteiger partial charge >= 0.3 is 0 Å². The van der Waals surface area contributed by atoms with E-state index in [1.807, 2.05) is 0 Å². The molecule has 0 saturated heterocycles. The predicted octanol–water partition coefficient (Wildman–Crippen LogP) is 1.60. The van der Waals surface area contributed by atoms with Crippen molar-refractivity contribution in [2.24, 2.45) is 0 Å². The quantitative estimate of drug-likeness (QED) is 0.336. The molecule has 0 aliphatic rings. The van der Waals surface area contributed by atoms with Crippen molar-refractivity contribution >= 4 is 11.9 Å². The van der Waals surface area contributed by atoms with E-state index in [0.717, 1.165) is 0 Å². The first-order valence-corrected chi connectivity index (χ1v) is 4.08. The number of hydrogen-bond acceptors (Lipinski definition) is 4. The molecule has 0 heterocycles. The summed E-state index contributed by atoms with van der Waals surface area (Å²) in [5, 5.41) is 19.2. The lowest BCUT2D eigenvalue weighted by atomic mass is 10.2. The Hall–Kier alpha value is -1.07. The summed E-state index contributed by atoms with van der Waals surface area (Å²) in [5.74, 6) is 0. The van der Waals surface area contributed by atoms with Gasteiger partial charge in [-0.2, -0.15) is 0 Å². The summed E-state index contributed by atoms with van der Waals surface area (Å²) < 4.78 is -0.613. The van der Waals surface area contributed by atoms with Gasteiger partial charge in [0.1, 0.15) is 4.33 Å². The Balaban J connectivity index is 2.65. The van der Waals surface area contributed by atoms with Crippen molar-refractivity contribution in [3.05, 3.63) is 46.0 Å². The third kappa shape index (κ3) is 2.52. The molecule has 1 rings (SSSR count). The van der Waals surface area contributed by atoms with Crippen LogP contribution in [0.1, 0.15) is 11.0 Å². The summed E-state index contributed by atoms with van der Waals surface area (Å²) in [5.41, 5.74) is -0.541. The second-order valence-corrected chi connectivity index (χ2v) is 3.05. The highest BCUT2D eigenvalue weighted by atomic mass is 32.2. The molecule has 0 aliphatic carbocycles. The maximum Gasteiger partial charge on any atom is 0.264 e. The Morgan fingerprint density at radius 1 is 1.42 bits per heavy atom. The minimum atomic E-state index is -1.08. The fourth-order valence-corrected chi connectivity index (χ4v) is 1.20. The summed E-state index contributed by atoms with van der Waals surface area (Å²) in [7, 11) is 0. The smallest absolute Gasteiger partial charge is 0.264 e. The minimum Gasteiger partial charge on any atom is -0.372 e. The predicted molar refractivity (Wildman–Crippen MR) is 46.0 cm³/mol. The number of rotatable bonds is 3. The molecule has 4 nitrogen and oxygen atoms in total. The number of aliphatic hydroxyl groups is 1. The van der Waals surface area contributed by atoms with Crippen LogP contribution in [0.2, 0.25) is 0 Å². The molecule has 0 saturated carbocycles. The molecule has 0 fully saturated rings. The highest BCUT2D eigenvalue weighted by Crippen LogP contribution is 2.24. The normalized spacial score (nSPS) is 12.4. The summed E-state index contributed by atoms with van der Waals surface area (Å²) in [6.45, 7) is 0. The van der Waals surface area contributed by atoms with E-state index in [9.17, 15) is 15.2 Å². The van der Waals surface area contributed by atoms with E-state index in [1.54, 1.807) is 30.3 Å². The van der Waals surface area contributed by atoms with Crippen LogP contribution in [-0.4, -0.2) is 9.44 Å². The van der Waals surface area contributed by atoms with E-state index in [4.69, 9.17) is 0 Å². The second-order valence-electron chi connectivity index (χ2n) is 2.09. The van der Waals surface area contributed by atoms with Crippen molar-refractivity contribution < 1.29 is 9.44 Å². The maximum absolute atomic E-state index is 9.99. The fourth-order valence-electron chi connectivity index (χ4n) is 0.760. The molecule has 1 N–H and O–H groups in total. The summed E-state index contributed by atoms with van der Waals surface area (Å²) in [6, 6.07) is 8.51. The van der Waals surface area contributed by atoms with Crippen LogP contribution in [0.5, 0.6) is 0 Å². The number of benzene rings is 1. The van der Waals surface area contributed by atoms with Crippen LogP contribution in [0.4, 0.5) is 0 Å². The fraction of sp³-hybridized carbons (Fsp3) is 0.143. The minimum absolute atomic E-state index is 0.285. The van der Waals surface area contributed by atoms with Gasteiger partial charge in [-0.3, -0.25) is 10.1 Å². The van der Waals surface area contributed by atoms with Crippen molar-refractivity contribution in [3.8, 4) is 0 Å². The number of aliphatic hydroxyl groups excluding tert-OH is 1. The first kappa shape index (κ1) is 9.02. The van der Waals surface area contributed by atoms with Gasteiger partial charge in [0.25, 0.3) is 11.9 Å². The van der Waals surface area contributed by atoms with Crippen molar-refractivity contribution in [1.82, 2.24) is 0 Å². The zero-order valence-corrected chi connectivity index (χ0v) is 6.90. The van der Waals surface area contributed by atoms with Gasteiger partial charge in [-0.15, -0.1) is 0 Å². The van der Waals surface area contributed by atoms with Crippen molar-refractivity contribution in [3.63, 3.8) is 0 Å². The Kier molecular flexibility index (Phi) is 3.07. The summed E-state index contributed by atoms with van der Waals surface area (Å²) in [6.07, 6.45) is 0. The van der Waals surface area contributed by atoms with Gasteiger partial charge in [-0.25, -0.2) is 0 Å². The van der Waals surface area contributed by atoms with Gasteiger partial charge in [0.15, 0.2) is 5.44 Å². The first-order valence-electron chi connectivity index (χ1n) is 3.24. The van der Waals surface area contributed by atoms with E-state index in [-0.39, 0.29) is 11.9 Å². The molecule has 0 radical (unpaired) electrons. The van der Waals surface area contributed by atoms with Crippen LogP contribution < -0.4 is 0 Å². The lowest BCUT2D eigenvalue weighted by Gasteiger charge is -2.01. The molecular formula is C7H7NO3S.